The molecule has 0 spiro atoms. The van der Waals surface area contributed by atoms with Crippen LogP contribution in [0.4, 0.5) is 0 Å². The lowest BCUT2D eigenvalue weighted by molar-refractivity contribution is -0.119. The van der Waals surface area contributed by atoms with Crippen LogP contribution in [0, 0.1) is 0 Å². The van der Waals surface area contributed by atoms with E-state index >= 15 is 0 Å². The third-order valence-corrected chi connectivity index (χ3v) is 2.22. The van der Waals surface area contributed by atoms with Gasteiger partial charge in [-0.15, -0.1) is 0 Å². The van der Waals surface area contributed by atoms with Crippen LogP contribution in [-0.4, -0.2) is 36.5 Å². The van der Waals surface area contributed by atoms with Crippen molar-refractivity contribution >= 4 is 5.91 Å². The Labute approximate surface area is 74.1 Å². The molecule has 1 atom stereocenters. The molecular formula is C9H18N2O. The van der Waals surface area contributed by atoms with E-state index in [0.717, 1.165) is 26.1 Å². The van der Waals surface area contributed by atoms with E-state index in [1.807, 2.05) is 0 Å². The van der Waals surface area contributed by atoms with E-state index in [-0.39, 0.29) is 5.91 Å². The van der Waals surface area contributed by atoms with E-state index in [1.165, 1.54) is 6.42 Å². The van der Waals surface area contributed by atoms with Gasteiger partial charge in [0.05, 0.1) is 0 Å². The third-order valence-electron chi connectivity index (χ3n) is 2.22. The van der Waals surface area contributed by atoms with Crippen LogP contribution < -0.4 is 5.32 Å². The summed E-state index contributed by atoms with van der Waals surface area (Å²) in [7, 11) is 0. The Balaban J connectivity index is 2.21. The Hall–Kier alpha value is -0.570. The minimum atomic E-state index is 0.0957. The molecule has 1 fully saturated rings. The van der Waals surface area contributed by atoms with E-state index in [2.05, 4.69) is 17.1 Å². The van der Waals surface area contributed by atoms with E-state index in [0.29, 0.717) is 6.04 Å². The molecule has 1 N–H and O–H groups in total. The molecule has 3 heteroatoms. The molecule has 0 aromatic carbocycles. The summed E-state index contributed by atoms with van der Waals surface area (Å²) in [5.41, 5.74) is 0. The fourth-order valence-corrected chi connectivity index (χ4v) is 1.76. The zero-order valence-electron chi connectivity index (χ0n) is 7.97. The molecule has 70 valence electrons. The van der Waals surface area contributed by atoms with Gasteiger partial charge in [0.25, 0.3) is 0 Å². The summed E-state index contributed by atoms with van der Waals surface area (Å²) in [5, 5.41) is 2.95. The second-order valence-electron chi connectivity index (χ2n) is 3.49. The summed E-state index contributed by atoms with van der Waals surface area (Å²) >= 11 is 0. The summed E-state index contributed by atoms with van der Waals surface area (Å²) in [4.78, 5) is 13.1. The second kappa shape index (κ2) is 4.45. The molecule has 0 unspecified atom stereocenters. The molecule has 0 saturated carbocycles. The van der Waals surface area contributed by atoms with Gasteiger partial charge < -0.3 is 10.2 Å². The highest BCUT2D eigenvalue weighted by molar-refractivity contribution is 5.73. The van der Waals surface area contributed by atoms with E-state index in [1.54, 1.807) is 6.92 Å². The Kier molecular flexibility index (Phi) is 3.53. The maximum atomic E-state index is 10.7. The SMILES string of the molecule is CCCN1CC[C@H](NC(C)=O)C1. The van der Waals surface area contributed by atoms with Gasteiger partial charge in [-0.05, 0) is 19.4 Å². The number of amides is 1. The molecule has 1 saturated heterocycles. The first-order valence-electron chi connectivity index (χ1n) is 4.72. The van der Waals surface area contributed by atoms with E-state index in [4.69, 9.17) is 0 Å². The first kappa shape index (κ1) is 9.52. The Morgan fingerprint density at radius 3 is 3.00 bits per heavy atom. The predicted molar refractivity (Wildman–Crippen MR) is 49.0 cm³/mol. The molecule has 1 aliphatic heterocycles. The average molecular weight is 170 g/mol. The predicted octanol–water partition coefficient (Wildman–Crippen LogP) is 0.607. The molecule has 1 aliphatic rings. The summed E-state index contributed by atoms with van der Waals surface area (Å²) in [6, 6.07) is 0.397. The van der Waals surface area contributed by atoms with Crippen molar-refractivity contribution in [3.05, 3.63) is 0 Å². The first-order chi connectivity index (χ1) is 5.72. The number of carbonyl (C=O) groups excluding carboxylic acids is 1. The van der Waals surface area contributed by atoms with Crippen LogP contribution >= 0.6 is 0 Å². The molecule has 0 aliphatic carbocycles. The zero-order chi connectivity index (χ0) is 8.97. The third kappa shape index (κ3) is 2.81. The van der Waals surface area contributed by atoms with Gasteiger partial charge >= 0.3 is 0 Å². The Morgan fingerprint density at radius 1 is 1.67 bits per heavy atom. The number of hydrogen-bond donors (Lipinski definition) is 1. The van der Waals surface area contributed by atoms with E-state index < -0.39 is 0 Å². The van der Waals surface area contributed by atoms with Crippen LogP contribution in [0.1, 0.15) is 26.7 Å². The van der Waals surface area contributed by atoms with Crippen LogP contribution in [0.5, 0.6) is 0 Å². The lowest BCUT2D eigenvalue weighted by atomic mass is 10.3. The van der Waals surface area contributed by atoms with Crippen LogP contribution in [0.25, 0.3) is 0 Å². The molecule has 12 heavy (non-hydrogen) atoms. The van der Waals surface area contributed by atoms with Crippen molar-refractivity contribution in [1.82, 2.24) is 10.2 Å². The number of hydrogen-bond acceptors (Lipinski definition) is 2. The second-order valence-corrected chi connectivity index (χ2v) is 3.49. The smallest absolute Gasteiger partial charge is 0.217 e. The minimum Gasteiger partial charge on any atom is -0.352 e. The molecule has 1 amide bonds. The monoisotopic (exact) mass is 170 g/mol. The number of carbonyl (C=O) groups is 1. The molecule has 0 aromatic rings. The van der Waals surface area contributed by atoms with Crippen LogP contribution in [0.2, 0.25) is 0 Å². The quantitative estimate of drug-likeness (QED) is 0.673. The van der Waals surface area contributed by atoms with Crippen molar-refractivity contribution in [3.63, 3.8) is 0 Å². The van der Waals surface area contributed by atoms with Crippen molar-refractivity contribution in [2.75, 3.05) is 19.6 Å². The van der Waals surface area contributed by atoms with Gasteiger partial charge in [0.15, 0.2) is 0 Å². The molecule has 1 rings (SSSR count). The summed E-state index contributed by atoms with van der Waals surface area (Å²) in [6.45, 7) is 7.11. The number of likely N-dealkylation sites (tertiary alicyclic amines) is 1. The molecular weight excluding hydrogens is 152 g/mol. The highest BCUT2D eigenvalue weighted by Crippen LogP contribution is 2.08. The summed E-state index contributed by atoms with van der Waals surface area (Å²) < 4.78 is 0. The lowest BCUT2D eigenvalue weighted by Gasteiger charge is -2.14. The fourth-order valence-electron chi connectivity index (χ4n) is 1.76. The average Bonchev–Trinajstić information content (AvgIpc) is 2.36. The van der Waals surface area contributed by atoms with Crippen molar-refractivity contribution in [1.29, 1.82) is 0 Å². The standard InChI is InChI=1S/C9H18N2O/c1-3-5-11-6-4-9(7-11)10-8(2)12/h9H,3-7H2,1-2H3,(H,10,12)/t9-/m0/s1. The van der Waals surface area contributed by atoms with Gasteiger partial charge in [0, 0.05) is 26.1 Å². The highest BCUT2D eigenvalue weighted by Gasteiger charge is 2.21. The van der Waals surface area contributed by atoms with E-state index in [9.17, 15) is 4.79 Å². The maximum absolute atomic E-state index is 10.7. The number of nitrogens with zero attached hydrogens (tertiary/aromatic N) is 1. The number of nitrogens with one attached hydrogen (secondary N) is 1. The van der Waals surface area contributed by atoms with Crippen LogP contribution in [-0.2, 0) is 4.79 Å². The Bertz CT molecular complexity index is 159. The van der Waals surface area contributed by atoms with Gasteiger partial charge in [-0.3, -0.25) is 4.79 Å². The van der Waals surface area contributed by atoms with Crippen molar-refractivity contribution in [2.45, 2.75) is 32.7 Å². The fraction of sp³-hybridized carbons (Fsp3) is 0.889. The summed E-state index contributed by atoms with van der Waals surface area (Å²) in [6.07, 6.45) is 2.31. The van der Waals surface area contributed by atoms with Gasteiger partial charge in [-0.2, -0.15) is 0 Å². The molecule has 1 heterocycles. The molecule has 0 bridgehead atoms. The van der Waals surface area contributed by atoms with Crippen molar-refractivity contribution < 1.29 is 4.79 Å². The largest absolute Gasteiger partial charge is 0.352 e. The first-order valence-corrected chi connectivity index (χ1v) is 4.72. The van der Waals surface area contributed by atoms with Crippen LogP contribution in [0.3, 0.4) is 0 Å². The van der Waals surface area contributed by atoms with Crippen LogP contribution in [0.15, 0.2) is 0 Å². The lowest BCUT2D eigenvalue weighted by Crippen LogP contribution is -2.35. The van der Waals surface area contributed by atoms with Gasteiger partial charge in [-0.25, -0.2) is 0 Å². The van der Waals surface area contributed by atoms with Gasteiger partial charge in [0.2, 0.25) is 5.91 Å². The minimum absolute atomic E-state index is 0.0957. The summed E-state index contributed by atoms with van der Waals surface area (Å²) in [5.74, 6) is 0.0957. The van der Waals surface area contributed by atoms with Gasteiger partial charge in [0.1, 0.15) is 0 Å². The van der Waals surface area contributed by atoms with Crippen molar-refractivity contribution in [3.8, 4) is 0 Å². The zero-order valence-corrected chi connectivity index (χ0v) is 7.97. The van der Waals surface area contributed by atoms with Crippen molar-refractivity contribution in [2.24, 2.45) is 0 Å². The molecule has 0 aromatic heterocycles. The topological polar surface area (TPSA) is 32.3 Å². The normalized spacial score (nSPS) is 24.3. The molecule has 0 radical (unpaired) electrons. The maximum Gasteiger partial charge on any atom is 0.217 e. The van der Waals surface area contributed by atoms with Gasteiger partial charge in [-0.1, -0.05) is 6.92 Å². The highest BCUT2D eigenvalue weighted by atomic mass is 16.1. The number of rotatable bonds is 3. The Morgan fingerprint density at radius 2 is 2.42 bits per heavy atom. The molecule has 3 nitrogen and oxygen atoms in total.